The summed E-state index contributed by atoms with van der Waals surface area (Å²) in [6.07, 6.45) is 2.17. The van der Waals surface area contributed by atoms with Crippen LogP contribution in [0.4, 0.5) is 14.5 Å². The lowest BCUT2D eigenvalue weighted by Crippen LogP contribution is -2.34. The fourth-order valence-electron chi connectivity index (χ4n) is 3.14. The molecule has 0 saturated carbocycles. The van der Waals surface area contributed by atoms with Crippen LogP contribution >= 0.6 is 0 Å². The summed E-state index contributed by atoms with van der Waals surface area (Å²) < 4.78 is 28.9. The van der Waals surface area contributed by atoms with Crippen molar-refractivity contribution in [3.63, 3.8) is 0 Å². The number of aryl methyl sites for hydroxylation is 1. The van der Waals surface area contributed by atoms with E-state index >= 15 is 0 Å². The fraction of sp³-hybridized carbons (Fsp3) is 0.235. The highest BCUT2D eigenvalue weighted by atomic mass is 19.1. The maximum atomic E-state index is 14.0. The summed E-state index contributed by atoms with van der Waals surface area (Å²) in [6, 6.07) is 5.43. The Morgan fingerprint density at radius 1 is 1.21 bits per heavy atom. The highest BCUT2D eigenvalue weighted by Gasteiger charge is 2.21. The van der Waals surface area contributed by atoms with Gasteiger partial charge in [-0.2, -0.15) is 5.10 Å². The number of rotatable bonds is 1. The molecule has 5 nitrogen and oxygen atoms in total. The molecule has 0 atom stereocenters. The van der Waals surface area contributed by atoms with Gasteiger partial charge in [-0.3, -0.25) is 9.78 Å². The van der Waals surface area contributed by atoms with Gasteiger partial charge in [-0.1, -0.05) is 0 Å². The zero-order chi connectivity index (χ0) is 16.8. The average molecular weight is 328 g/mol. The molecule has 4 rings (SSSR count). The lowest BCUT2D eigenvalue weighted by molar-refractivity contribution is 0.590. The molecule has 0 fully saturated rings. The van der Waals surface area contributed by atoms with E-state index in [1.165, 1.54) is 16.9 Å². The molecule has 122 valence electrons. The molecule has 1 aliphatic heterocycles. The predicted molar refractivity (Wildman–Crippen MR) is 85.9 cm³/mol. The topological polar surface area (TPSA) is 51.0 Å². The van der Waals surface area contributed by atoms with Crippen molar-refractivity contribution in [1.29, 1.82) is 0 Å². The van der Waals surface area contributed by atoms with E-state index in [9.17, 15) is 13.6 Å². The van der Waals surface area contributed by atoms with Gasteiger partial charge in [0.25, 0.3) is 5.56 Å². The average Bonchev–Trinajstić information content (AvgIpc) is 2.55. The van der Waals surface area contributed by atoms with Gasteiger partial charge in [0.1, 0.15) is 11.3 Å². The van der Waals surface area contributed by atoms with Gasteiger partial charge in [-0.25, -0.2) is 13.5 Å². The minimum atomic E-state index is -0.681. The quantitative estimate of drug-likeness (QED) is 0.687. The van der Waals surface area contributed by atoms with Crippen LogP contribution in [-0.2, 0) is 20.0 Å². The van der Waals surface area contributed by atoms with Crippen molar-refractivity contribution >= 4 is 16.6 Å². The van der Waals surface area contributed by atoms with Gasteiger partial charge in [0.05, 0.1) is 5.69 Å². The standard InChI is InChI=1S/C17H14F2N4O/c1-22-16(24)6-10-9-23(5-3-14(10)21-22)15-2-4-20-17-12(15)7-11(18)8-13(17)19/h2,4,6-8H,3,5,9H2,1H3. The molecule has 24 heavy (non-hydrogen) atoms. The molecule has 7 heteroatoms. The highest BCUT2D eigenvalue weighted by Crippen LogP contribution is 2.30. The van der Waals surface area contributed by atoms with E-state index in [2.05, 4.69) is 10.1 Å². The van der Waals surface area contributed by atoms with Crippen LogP contribution in [0, 0.1) is 11.6 Å². The van der Waals surface area contributed by atoms with Crippen molar-refractivity contribution in [2.45, 2.75) is 13.0 Å². The van der Waals surface area contributed by atoms with E-state index in [1.807, 2.05) is 4.90 Å². The van der Waals surface area contributed by atoms with Crippen molar-refractivity contribution in [3.8, 4) is 0 Å². The molecule has 0 amide bonds. The van der Waals surface area contributed by atoms with Crippen LogP contribution in [0.25, 0.3) is 10.9 Å². The third-order valence-corrected chi connectivity index (χ3v) is 4.32. The maximum Gasteiger partial charge on any atom is 0.266 e. The third-order valence-electron chi connectivity index (χ3n) is 4.32. The summed E-state index contributed by atoms with van der Waals surface area (Å²) in [5, 5.41) is 4.70. The number of halogens is 2. The van der Waals surface area contributed by atoms with Gasteiger partial charge < -0.3 is 4.90 Å². The second-order valence-corrected chi connectivity index (χ2v) is 5.86. The largest absolute Gasteiger partial charge is 0.366 e. The fourth-order valence-corrected chi connectivity index (χ4v) is 3.14. The number of benzene rings is 1. The summed E-state index contributed by atoms with van der Waals surface area (Å²) in [5.74, 6) is -1.32. The summed E-state index contributed by atoms with van der Waals surface area (Å²) in [4.78, 5) is 17.8. The Morgan fingerprint density at radius 3 is 2.88 bits per heavy atom. The lowest BCUT2D eigenvalue weighted by atomic mass is 10.0. The Morgan fingerprint density at radius 2 is 2.04 bits per heavy atom. The highest BCUT2D eigenvalue weighted by molar-refractivity contribution is 5.92. The molecular formula is C17H14F2N4O. The van der Waals surface area contributed by atoms with Gasteiger partial charge in [-0.15, -0.1) is 0 Å². The van der Waals surface area contributed by atoms with Crippen molar-refractivity contribution in [1.82, 2.24) is 14.8 Å². The molecule has 0 aliphatic carbocycles. The zero-order valence-electron chi connectivity index (χ0n) is 13.0. The number of nitrogens with zero attached hydrogens (tertiary/aromatic N) is 4. The Hall–Kier alpha value is -2.83. The number of hydrogen-bond acceptors (Lipinski definition) is 4. The van der Waals surface area contributed by atoms with Crippen molar-refractivity contribution < 1.29 is 8.78 Å². The molecule has 2 aromatic heterocycles. The Labute approximate surface area is 136 Å². The van der Waals surface area contributed by atoms with E-state index < -0.39 is 11.6 Å². The molecule has 3 heterocycles. The molecular weight excluding hydrogens is 314 g/mol. The molecule has 0 spiro atoms. The Kier molecular flexibility index (Phi) is 3.30. The van der Waals surface area contributed by atoms with E-state index in [1.54, 1.807) is 19.2 Å². The molecule has 0 saturated heterocycles. The monoisotopic (exact) mass is 328 g/mol. The van der Waals surface area contributed by atoms with Gasteiger partial charge in [0.15, 0.2) is 5.82 Å². The van der Waals surface area contributed by atoms with Crippen LogP contribution in [0.2, 0.25) is 0 Å². The Balaban J connectivity index is 1.81. The Bertz CT molecular complexity index is 1020. The normalized spacial score (nSPS) is 14.0. The summed E-state index contributed by atoms with van der Waals surface area (Å²) in [5.41, 5.74) is 2.38. The number of fused-ring (bicyclic) bond motifs is 2. The molecule has 3 aromatic rings. The SMILES string of the molecule is Cn1nc2c(cc1=O)CN(c1ccnc3c(F)cc(F)cc13)CC2. The molecule has 0 radical (unpaired) electrons. The zero-order valence-corrected chi connectivity index (χ0v) is 13.0. The van der Waals surface area contributed by atoms with Crippen molar-refractivity contribution in [2.24, 2.45) is 7.05 Å². The minimum absolute atomic E-state index is 0.141. The maximum absolute atomic E-state index is 14.0. The first-order chi connectivity index (χ1) is 11.5. The summed E-state index contributed by atoms with van der Waals surface area (Å²) in [7, 11) is 1.62. The van der Waals surface area contributed by atoms with Crippen molar-refractivity contribution in [2.75, 3.05) is 11.4 Å². The van der Waals surface area contributed by atoms with Crippen LogP contribution in [0.1, 0.15) is 11.3 Å². The number of hydrogen-bond donors (Lipinski definition) is 0. The summed E-state index contributed by atoms with van der Waals surface area (Å²) >= 11 is 0. The predicted octanol–water partition coefficient (Wildman–Crippen LogP) is 2.17. The lowest BCUT2D eigenvalue weighted by Gasteiger charge is -2.30. The van der Waals surface area contributed by atoms with E-state index in [0.29, 0.717) is 30.6 Å². The van der Waals surface area contributed by atoms with Crippen LogP contribution < -0.4 is 10.5 Å². The second kappa shape index (κ2) is 5.36. The van der Waals surface area contributed by atoms with E-state index in [4.69, 9.17) is 0 Å². The first kappa shape index (κ1) is 14.7. The minimum Gasteiger partial charge on any atom is -0.366 e. The van der Waals surface area contributed by atoms with Crippen LogP contribution in [0.5, 0.6) is 0 Å². The van der Waals surface area contributed by atoms with Crippen molar-refractivity contribution in [3.05, 3.63) is 63.7 Å². The van der Waals surface area contributed by atoms with Gasteiger partial charge in [0, 0.05) is 61.5 Å². The van der Waals surface area contributed by atoms with Gasteiger partial charge in [-0.05, 0) is 12.1 Å². The molecule has 1 aliphatic rings. The number of anilines is 1. The number of aromatic nitrogens is 3. The van der Waals surface area contributed by atoms with E-state index in [-0.39, 0.29) is 11.1 Å². The van der Waals surface area contributed by atoms with Crippen LogP contribution in [0.3, 0.4) is 0 Å². The molecule has 0 unspecified atom stereocenters. The second-order valence-electron chi connectivity index (χ2n) is 5.86. The van der Waals surface area contributed by atoms with E-state index in [0.717, 1.165) is 17.3 Å². The smallest absolute Gasteiger partial charge is 0.266 e. The third kappa shape index (κ3) is 2.33. The van der Waals surface area contributed by atoms with Crippen LogP contribution in [0.15, 0.2) is 35.3 Å². The number of pyridine rings is 1. The molecule has 1 aromatic carbocycles. The van der Waals surface area contributed by atoms with Gasteiger partial charge >= 0.3 is 0 Å². The van der Waals surface area contributed by atoms with Crippen LogP contribution in [-0.4, -0.2) is 21.3 Å². The van der Waals surface area contributed by atoms with Gasteiger partial charge in [0.2, 0.25) is 0 Å². The molecule has 0 N–H and O–H groups in total. The summed E-state index contributed by atoms with van der Waals surface area (Å²) in [6.45, 7) is 1.12. The first-order valence-electron chi connectivity index (χ1n) is 7.58. The first-order valence-corrected chi connectivity index (χ1v) is 7.58. The molecule has 0 bridgehead atoms.